The number of halogens is 1. The van der Waals surface area contributed by atoms with E-state index in [4.69, 9.17) is 5.73 Å². The normalized spacial score (nSPS) is 17.1. The first-order valence-electron chi connectivity index (χ1n) is 8.72. The zero-order chi connectivity index (χ0) is 20.4. The maximum Gasteiger partial charge on any atom is 0.252 e. The number of ketones is 1. The summed E-state index contributed by atoms with van der Waals surface area (Å²) < 4.78 is 1.43. The summed E-state index contributed by atoms with van der Waals surface area (Å²) in [6.45, 7) is 2.00. The number of primary amides is 1. The molecule has 0 aromatic heterocycles. The monoisotopic (exact) mass is 493 g/mol. The van der Waals surface area contributed by atoms with E-state index in [2.05, 4.69) is 5.32 Å². The van der Waals surface area contributed by atoms with Crippen LogP contribution < -0.4 is 14.2 Å². The van der Waals surface area contributed by atoms with Crippen LogP contribution in [-0.2, 0) is 4.79 Å². The first kappa shape index (κ1) is 20.2. The van der Waals surface area contributed by atoms with Crippen molar-refractivity contribution in [2.75, 3.05) is 3.11 Å². The molecule has 2 aromatic carbocycles. The molecule has 7 nitrogen and oxygen atoms in total. The van der Waals surface area contributed by atoms with E-state index in [0.717, 1.165) is 12.0 Å². The zero-order valence-corrected chi connectivity index (χ0v) is 17.3. The van der Waals surface area contributed by atoms with Gasteiger partial charge in [0.25, 0.3) is 5.91 Å². The van der Waals surface area contributed by atoms with Crippen LogP contribution in [-0.4, -0.2) is 28.0 Å². The van der Waals surface area contributed by atoms with E-state index < -0.39 is 17.8 Å². The van der Waals surface area contributed by atoms with E-state index in [9.17, 15) is 19.8 Å². The van der Waals surface area contributed by atoms with Crippen LogP contribution in [0.3, 0.4) is 0 Å². The molecule has 1 amide bonds. The Labute approximate surface area is 176 Å². The Kier molecular flexibility index (Phi) is 5.90. The molecule has 2 aromatic rings. The molecule has 0 aliphatic heterocycles. The summed E-state index contributed by atoms with van der Waals surface area (Å²) in [7, 11) is 0. The summed E-state index contributed by atoms with van der Waals surface area (Å²) >= 11 is 1.86. The number of anilines is 1. The quantitative estimate of drug-likeness (QED) is 0.348. The zero-order valence-electron chi connectivity index (χ0n) is 15.1. The molecule has 2 atom stereocenters. The van der Waals surface area contributed by atoms with Crippen LogP contribution >= 0.6 is 22.9 Å². The van der Waals surface area contributed by atoms with Crippen molar-refractivity contribution in [3.8, 4) is 5.75 Å². The fraction of sp³-hybridized carbons (Fsp3) is 0.200. The number of Topliss-reactive ketones (excluding diaryl/α,β-unsaturated/α-hetero) is 1. The van der Waals surface area contributed by atoms with Gasteiger partial charge in [-0.3, -0.25) is 12.7 Å². The molecule has 146 valence electrons. The third-order valence-electron chi connectivity index (χ3n) is 4.64. The van der Waals surface area contributed by atoms with Gasteiger partial charge in [0.2, 0.25) is 5.78 Å². The summed E-state index contributed by atoms with van der Waals surface area (Å²) in [5.41, 5.74) is 7.10. The fourth-order valence-electron chi connectivity index (χ4n) is 3.10. The molecule has 0 fully saturated rings. The molecule has 0 radical (unpaired) electrons. The SMILES string of the molecule is CC[C@@H](NC1=C(N(I)c2cccc(C(N)=O)c2O)C(=O)C1O)c1ccccc1. The first-order valence-corrected chi connectivity index (χ1v) is 9.68. The number of nitrogens with one attached hydrogen (secondary N) is 1. The van der Waals surface area contributed by atoms with E-state index in [0.29, 0.717) is 5.70 Å². The first-order chi connectivity index (χ1) is 13.4. The minimum atomic E-state index is -1.26. The molecule has 1 aliphatic rings. The minimum Gasteiger partial charge on any atom is -0.505 e. The predicted molar refractivity (Wildman–Crippen MR) is 114 cm³/mol. The van der Waals surface area contributed by atoms with Crippen LogP contribution in [0.2, 0.25) is 0 Å². The van der Waals surface area contributed by atoms with Crippen LogP contribution in [0.5, 0.6) is 5.75 Å². The Morgan fingerprint density at radius 1 is 1.25 bits per heavy atom. The number of carbonyl (C=O) groups is 2. The van der Waals surface area contributed by atoms with Crippen molar-refractivity contribution in [1.29, 1.82) is 0 Å². The number of phenols is 1. The maximum absolute atomic E-state index is 12.4. The Balaban J connectivity index is 1.97. The Bertz CT molecular complexity index is 946. The Morgan fingerprint density at radius 3 is 2.54 bits per heavy atom. The van der Waals surface area contributed by atoms with Gasteiger partial charge in [0.05, 0.1) is 45.9 Å². The summed E-state index contributed by atoms with van der Waals surface area (Å²) in [4.78, 5) is 23.8. The molecule has 5 N–H and O–H groups in total. The lowest BCUT2D eigenvalue weighted by atomic mass is 9.92. The summed E-state index contributed by atoms with van der Waals surface area (Å²) in [6.07, 6.45) is -0.516. The lowest BCUT2D eigenvalue weighted by Gasteiger charge is -2.36. The molecule has 0 saturated carbocycles. The molecular formula is C20H20IN3O4. The number of rotatable bonds is 7. The van der Waals surface area contributed by atoms with Crippen molar-refractivity contribution >= 4 is 40.2 Å². The smallest absolute Gasteiger partial charge is 0.252 e. The van der Waals surface area contributed by atoms with E-state index in [1.807, 2.05) is 60.1 Å². The van der Waals surface area contributed by atoms with E-state index in [1.54, 1.807) is 12.1 Å². The van der Waals surface area contributed by atoms with Gasteiger partial charge in [-0.1, -0.05) is 43.3 Å². The van der Waals surface area contributed by atoms with Crippen molar-refractivity contribution < 1.29 is 19.8 Å². The highest BCUT2D eigenvalue weighted by Gasteiger charge is 2.42. The third-order valence-corrected chi connectivity index (χ3v) is 5.64. The van der Waals surface area contributed by atoms with Crippen molar-refractivity contribution in [1.82, 2.24) is 5.32 Å². The standard InChI is InChI=1S/C20H20IN3O4/c1-2-13(11-7-4-3-5-8-11)23-15-16(19(27)18(15)26)24(21)14-10-6-9-12(17(14)25)20(22)28/h3-10,13,18,23,25-26H,2H2,1H3,(H2,22,28)/t13-,18?/m1/s1. The minimum absolute atomic E-state index is 0.0442. The van der Waals surface area contributed by atoms with Gasteiger partial charge in [0.1, 0.15) is 5.70 Å². The molecular weight excluding hydrogens is 473 g/mol. The number of nitrogens with two attached hydrogens (primary N) is 1. The number of benzene rings is 2. The topological polar surface area (TPSA) is 116 Å². The molecule has 28 heavy (non-hydrogen) atoms. The molecule has 0 heterocycles. The van der Waals surface area contributed by atoms with Gasteiger partial charge in [-0.15, -0.1) is 0 Å². The lowest BCUT2D eigenvalue weighted by Crippen LogP contribution is -2.48. The number of aliphatic hydroxyl groups excluding tert-OH is 1. The van der Waals surface area contributed by atoms with Crippen molar-refractivity contribution in [3.05, 3.63) is 71.1 Å². The average Bonchev–Trinajstić information content (AvgIpc) is 2.70. The highest BCUT2D eigenvalue weighted by Crippen LogP contribution is 2.40. The highest BCUT2D eigenvalue weighted by atomic mass is 127. The van der Waals surface area contributed by atoms with Gasteiger partial charge in [-0.25, -0.2) is 0 Å². The summed E-state index contributed by atoms with van der Waals surface area (Å²) in [6, 6.07) is 14.1. The second-order valence-corrected chi connectivity index (χ2v) is 7.33. The second-order valence-electron chi connectivity index (χ2n) is 6.36. The Morgan fingerprint density at radius 2 is 1.93 bits per heavy atom. The number of aromatic hydroxyl groups is 1. The van der Waals surface area contributed by atoms with Gasteiger partial charge < -0.3 is 21.3 Å². The van der Waals surface area contributed by atoms with E-state index >= 15 is 0 Å². The molecule has 0 spiro atoms. The largest absolute Gasteiger partial charge is 0.505 e. The molecule has 1 unspecified atom stereocenters. The maximum atomic E-state index is 12.4. The van der Waals surface area contributed by atoms with Crippen LogP contribution in [0, 0.1) is 0 Å². The average molecular weight is 493 g/mol. The molecule has 3 rings (SSSR count). The highest BCUT2D eigenvalue weighted by molar-refractivity contribution is 14.1. The van der Waals surface area contributed by atoms with Gasteiger partial charge in [0, 0.05) is 0 Å². The van der Waals surface area contributed by atoms with Crippen LogP contribution in [0.1, 0.15) is 35.3 Å². The molecule has 0 bridgehead atoms. The van der Waals surface area contributed by atoms with Gasteiger partial charge >= 0.3 is 0 Å². The van der Waals surface area contributed by atoms with Gasteiger partial charge in [0.15, 0.2) is 11.9 Å². The number of hydrogen-bond donors (Lipinski definition) is 4. The van der Waals surface area contributed by atoms with Gasteiger partial charge in [-0.2, -0.15) is 0 Å². The van der Waals surface area contributed by atoms with Crippen molar-refractivity contribution in [2.45, 2.75) is 25.5 Å². The molecule has 1 aliphatic carbocycles. The Hall–Kier alpha value is -2.59. The lowest BCUT2D eigenvalue weighted by molar-refractivity contribution is -0.124. The second kappa shape index (κ2) is 8.19. The third kappa shape index (κ3) is 3.57. The van der Waals surface area contributed by atoms with E-state index in [1.165, 1.54) is 9.18 Å². The predicted octanol–water partition coefficient (Wildman–Crippen LogP) is 2.54. The number of carbonyl (C=O) groups excluding carboxylic acids is 2. The summed E-state index contributed by atoms with van der Waals surface area (Å²) in [5, 5.41) is 23.8. The fourth-order valence-corrected chi connectivity index (χ4v) is 3.98. The van der Waals surface area contributed by atoms with Crippen LogP contribution in [0.4, 0.5) is 5.69 Å². The molecule has 0 saturated heterocycles. The van der Waals surface area contributed by atoms with Crippen LogP contribution in [0.25, 0.3) is 0 Å². The number of nitrogens with zero attached hydrogens (tertiary/aromatic N) is 1. The van der Waals surface area contributed by atoms with E-state index in [-0.39, 0.29) is 28.7 Å². The summed E-state index contributed by atoms with van der Waals surface area (Å²) in [5.74, 6) is -1.56. The molecule has 8 heteroatoms. The number of aliphatic hydroxyl groups is 1. The number of hydrogen-bond acceptors (Lipinski definition) is 6. The van der Waals surface area contributed by atoms with Crippen molar-refractivity contribution in [2.24, 2.45) is 5.73 Å². The van der Waals surface area contributed by atoms with Crippen LogP contribution in [0.15, 0.2) is 59.9 Å². The van der Waals surface area contributed by atoms with Gasteiger partial charge in [-0.05, 0) is 24.1 Å². The number of amides is 1. The van der Waals surface area contributed by atoms with Crippen molar-refractivity contribution in [3.63, 3.8) is 0 Å². The number of para-hydroxylation sites is 1.